The van der Waals surface area contributed by atoms with Gasteiger partial charge in [-0.3, -0.25) is 0 Å². The minimum atomic E-state index is -0.355. The number of fused-ring (bicyclic) bond motifs is 1. The lowest BCUT2D eigenvalue weighted by atomic mass is 10.1. The van der Waals surface area contributed by atoms with Gasteiger partial charge in [0.15, 0.2) is 0 Å². The second kappa shape index (κ2) is 4.51. The van der Waals surface area contributed by atoms with E-state index in [0.717, 1.165) is 11.3 Å². The Balaban J connectivity index is 0.00000112. The van der Waals surface area contributed by atoms with E-state index in [1.807, 2.05) is 0 Å². The summed E-state index contributed by atoms with van der Waals surface area (Å²) in [4.78, 5) is 11.2. The van der Waals surface area contributed by atoms with Gasteiger partial charge in [-0.15, -0.1) is 12.4 Å². The summed E-state index contributed by atoms with van der Waals surface area (Å²) in [6, 6.07) is 4.99. The van der Waals surface area contributed by atoms with Crippen LogP contribution in [0.5, 0.6) is 5.75 Å². The predicted molar refractivity (Wildman–Crippen MR) is 57.5 cm³/mol. The van der Waals surface area contributed by atoms with E-state index in [1.54, 1.807) is 18.2 Å². The van der Waals surface area contributed by atoms with Crippen molar-refractivity contribution in [3.05, 3.63) is 29.3 Å². The van der Waals surface area contributed by atoms with Crippen molar-refractivity contribution >= 4 is 18.4 Å². The first-order valence-corrected chi connectivity index (χ1v) is 4.33. The normalized spacial score (nSPS) is 17.3. The summed E-state index contributed by atoms with van der Waals surface area (Å²) >= 11 is 0. The van der Waals surface area contributed by atoms with Crippen LogP contribution in [0.25, 0.3) is 0 Å². The molecular weight excluding hydrogens is 218 g/mol. The lowest BCUT2D eigenvalue weighted by molar-refractivity contribution is 0.0600. The van der Waals surface area contributed by atoms with Gasteiger partial charge >= 0.3 is 5.97 Å². The third-order valence-corrected chi connectivity index (χ3v) is 2.25. The molecule has 0 spiro atoms. The van der Waals surface area contributed by atoms with Gasteiger partial charge in [-0.05, 0) is 18.2 Å². The number of nitrogens with two attached hydrogens (primary N) is 1. The maximum absolute atomic E-state index is 11.2. The predicted octanol–water partition coefficient (Wildman–Crippen LogP) is 1.29. The quantitative estimate of drug-likeness (QED) is 0.737. The molecule has 0 unspecified atom stereocenters. The van der Waals surface area contributed by atoms with Crippen LogP contribution >= 0.6 is 12.4 Å². The summed E-state index contributed by atoms with van der Waals surface area (Å²) in [5.74, 6) is 0.400. The minimum absolute atomic E-state index is 0. The molecule has 0 radical (unpaired) electrons. The Morgan fingerprint density at radius 3 is 3.00 bits per heavy atom. The number of hydrogen-bond donors (Lipinski definition) is 1. The second-order valence-electron chi connectivity index (χ2n) is 3.16. The Labute approximate surface area is 93.8 Å². The van der Waals surface area contributed by atoms with Gasteiger partial charge in [-0.25, -0.2) is 4.79 Å². The number of carbonyl (C=O) groups is 1. The molecule has 82 valence electrons. The number of benzene rings is 1. The number of halogens is 1. The summed E-state index contributed by atoms with van der Waals surface area (Å²) in [5.41, 5.74) is 7.15. The zero-order valence-electron chi connectivity index (χ0n) is 8.23. The molecule has 1 aromatic rings. The Morgan fingerprint density at radius 1 is 1.60 bits per heavy atom. The van der Waals surface area contributed by atoms with E-state index in [1.165, 1.54) is 7.11 Å². The van der Waals surface area contributed by atoms with Crippen molar-refractivity contribution in [3.8, 4) is 5.75 Å². The lowest BCUT2D eigenvalue weighted by Gasteiger charge is -2.03. The molecule has 2 rings (SSSR count). The minimum Gasteiger partial charge on any atom is -0.491 e. The third-order valence-electron chi connectivity index (χ3n) is 2.25. The van der Waals surface area contributed by atoms with Crippen molar-refractivity contribution in [1.29, 1.82) is 0 Å². The number of carbonyl (C=O) groups excluding carboxylic acids is 1. The summed E-state index contributed by atoms with van der Waals surface area (Å²) < 4.78 is 9.91. The number of methoxy groups -OCH3 is 1. The zero-order valence-corrected chi connectivity index (χ0v) is 9.04. The SMILES string of the molecule is COC(=O)c1ccc2c(c1)[C@H](N)CO2.Cl. The molecule has 1 aliphatic heterocycles. The average Bonchev–Trinajstić information content (AvgIpc) is 2.59. The fraction of sp³-hybridized carbons (Fsp3) is 0.300. The van der Waals surface area contributed by atoms with Crippen LogP contribution in [0.4, 0.5) is 0 Å². The van der Waals surface area contributed by atoms with E-state index < -0.39 is 0 Å². The van der Waals surface area contributed by atoms with Crippen LogP contribution < -0.4 is 10.5 Å². The van der Waals surface area contributed by atoms with Gasteiger partial charge in [0.05, 0.1) is 18.7 Å². The topological polar surface area (TPSA) is 61.5 Å². The molecule has 0 saturated heterocycles. The molecule has 0 bridgehead atoms. The highest BCUT2D eigenvalue weighted by molar-refractivity contribution is 5.89. The summed E-state index contributed by atoms with van der Waals surface area (Å²) in [7, 11) is 1.35. The Hall–Kier alpha value is -1.26. The van der Waals surface area contributed by atoms with Crippen molar-refractivity contribution < 1.29 is 14.3 Å². The van der Waals surface area contributed by atoms with E-state index in [9.17, 15) is 4.79 Å². The van der Waals surface area contributed by atoms with Crippen molar-refractivity contribution in [2.24, 2.45) is 5.73 Å². The number of esters is 1. The largest absolute Gasteiger partial charge is 0.491 e. The van der Waals surface area contributed by atoms with E-state index in [4.69, 9.17) is 10.5 Å². The molecule has 1 heterocycles. The van der Waals surface area contributed by atoms with Gasteiger partial charge in [0.25, 0.3) is 0 Å². The molecule has 5 heteroatoms. The van der Waals surface area contributed by atoms with Crippen LogP contribution in [0.1, 0.15) is 22.0 Å². The van der Waals surface area contributed by atoms with Crippen molar-refractivity contribution in [2.75, 3.05) is 13.7 Å². The van der Waals surface area contributed by atoms with Crippen molar-refractivity contribution in [3.63, 3.8) is 0 Å². The number of ether oxygens (including phenoxy) is 2. The lowest BCUT2D eigenvalue weighted by Crippen LogP contribution is -2.11. The Morgan fingerprint density at radius 2 is 2.33 bits per heavy atom. The van der Waals surface area contributed by atoms with Crippen LogP contribution in [0.15, 0.2) is 18.2 Å². The Kier molecular flexibility index (Phi) is 3.55. The molecule has 0 aliphatic carbocycles. The van der Waals surface area contributed by atoms with Gasteiger partial charge < -0.3 is 15.2 Å². The molecule has 0 saturated carbocycles. The molecule has 4 nitrogen and oxygen atoms in total. The van der Waals surface area contributed by atoms with Gasteiger partial charge in [0.1, 0.15) is 12.4 Å². The van der Waals surface area contributed by atoms with E-state index in [-0.39, 0.29) is 24.4 Å². The smallest absolute Gasteiger partial charge is 0.337 e. The van der Waals surface area contributed by atoms with Crippen LogP contribution in [-0.2, 0) is 4.74 Å². The third kappa shape index (κ3) is 2.06. The molecule has 0 aromatic heterocycles. The molecule has 0 amide bonds. The highest BCUT2D eigenvalue weighted by atomic mass is 35.5. The summed E-state index contributed by atoms with van der Waals surface area (Å²) in [5, 5.41) is 0. The van der Waals surface area contributed by atoms with Crippen LogP contribution in [0, 0.1) is 0 Å². The van der Waals surface area contributed by atoms with Gasteiger partial charge in [-0.2, -0.15) is 0 Å². The number of rotatable bonds is 1. The molecule has 0 fully saturated rings. The first kappa shape index (κ1) is 11.8. The monoisotopic (exact) mass is 229 g/mol. The van der Waals surface area contributed by atoms with E-state index in [2.05, 4.69) is 4.74 Å². The van der Waals surface area contributed by atoms with Crippen molar-refractivity contribution in [1.82, 2.24) is 0 Å². The van der Waals surface area contributed by atoms with E-state index >= 15 is 0 Å². The maximum atomic E-state index is 11.2. The van der Waals surface area contributed by atoms with Crippen LogP contribution in [-0.4, -0.2) is 19.7 Å². The second-order valence-corrected chi connectivity index (χ2v) is 3.16. The molecule has 1 aliphatic rings. The maximum Gasteiger partial charge on any atom is 0.337 e. The fourth-order valence-corrected chi connectivity index (χ4v) is 1.48. The summed E-state index contributed by atoms with van der Waals surface area (Å²) in [6.07, 6.45) is 0. The first-order chi connectivity index (χ1) is 6.72. The molecule has 2 N–H and O–H groups in total. The van der Waals surface area contributed by atoms with Gasteiger partial charge in [0.2, 0.25) is 0 Å². The van der Waals surface area contributed by atoms with E-state index in [0.29, 0.717) is 12.2 Å². The molecule has 15 heavy (non-hydrogen) atoms. The number of hydrogen-bond acceptors (Lipinski definition) is 4. The highest BCUT2D eigenvalue weighted by Crippen LogP contribution is 2.31. The highest BCUT2D eigenvalue weighted by Gasteiger charge is 2.21. The molecule has 1 atom stereocenters. The van der Waals surface area contributed by atoms with Crippen molar-refractivity contribution in [2.45, 2.75) is 6.04 Å². The van der Waals surface area contributed by atoms with Gasteiger partial charge in [0, 0.05) is 5.56 Å². The van der Waals surface area contributed by atoms with Crippen LogP contribution in [0.2, 0.25) is 0 Å². The average molecular weight is 230 g/mol. The standard InChI is InChI=1S/C10H11NO3.ClH/c1-13-10(12)6-2-3-9-7(4-6)8(11)5-14-9;/h2-4,8H,5,11H2,1H3;1H/t8-;/m1./s1. The zero-order chi connectivity index (χ0) is 10.1. The van der Waals surface area contributed by atoms with Gasteiger partial charge in [-0.1, -0.05) is 0 Å². The Bertz CT molecular complexity index is 381. The molecule has 1 aromatic carbocycles. The first-order valence-electron chi connectivity index (χ1n) is 4.33. The fourth-order valence-electron chi connectivity index (χ4n) is 1.48. The van der Waals surface area contributed by atoms with Crippen LogP contribution in [0.3, 0.4) is 0 Å². The molecular formula is C10H12ClNO3. The summed E-state index contributed by atoms with van der Waals surface area (Å²) in [6.45, 7) is 0.472.